The average Bonchev–Trinajstić information content (AvgIpc) is 2.35. The summed E-state index contributed by atoms with van der Waals surface area (Å²) in [4.78, 5) is 12.5. The fraction of sp³-hybridized carbons (Fsp3) is 0.100. The molecule has 7 heteroatoms. The van der Waals surface area contributed by atoms with Crippen LogP contribution in [-0.4, -0.2) is 15.0 Å². The maximum Gasteiger partial charge on any atom is 0.147 e. The lowest BCUT2D eigenvalue weighted by atomic mass is 10.3. The van der Waals surface area contributed by atoms with Crippen LogP contribution in [0.3, 0.4) is 0 Å². The molecule has 0 unspecified atom stereocenters. The van der Waals surface area contributed by atoms with E-state index in [9.17, 15) is 0 Å². The molecule has 0 atom stereocenters. The minimum absolute atomic E-state index is 0.625. The van der Waals surface area contributed by atoms with Gasteiger partial charge in [-0.15, -0.1) is 0 Å². The van der Waals surface area contributed by atoms with Gasteiger partial charge in [-0.1, -0.05) is 0 Å². The molecule has 0 aromatic carbocycles. The van der Waals surface area contributed by atoms with Gasteiger partial charge in [0.05, 0.1) is 0 Å². The van der Waals surface area contributed by atoms with E-state index < -0.39 is 0 Å². The monoisotopic (exact) mass is 311 g/mol. The SMILES string of the molecule is Cc1c(NN)ncnc1Sc1ccc(Br)cn1. The van der Waals surface area contributed by atoms with Gasteiger partial charge in [-0.3, -0.25) is 0 Å². The van der Waals surface area contributed by atoms with Crippen LogP contribution < -0.4 is 11.3 Å². The Bertz CT molecular complexity index is 517. The van der Waals surface area contributed by atoms with E-state index in [1.54, 1.807) is 6.20 Å². The molecule has 3 N–H and O–H groups in total. The molecule has 0 fully saturated rings. The first-order valence-corrected chi connectivity index (χ1v) is 6.39. The first kappa shape index (κ1) is 12.3. The molecule has 0 saturated carbocycles. The summed E-state index contributed by atoms with van der Waals surface area (Å²) in [5.74, 6) is 5.99. The molecule has 17 heavy (non-hydrogen) atoms. The summed E-state index contributed by atoms with van der Waals surface area (Å²) < 4.78 is 0.950. The lowest BCUT2D eigenvalue weighted by molar-refractivity contribution is 0.990. The quantitative estimate of drug-likeness (QED) is 0.515. The van der Waals surface area contributed by atoms with Gasteiger partial charge in [-0.05, 0) is 46.7 Å². The standard InChI is InChI=1S/C10H10BrN5S/c1-6-9(16-12)14-5-15-10(6)17-8-3-2-7(11)4-13-8/h2-5H,12H2,1H3,(H,14,15,16). The van der Waals surface area contributed by atoms with Gasteiger partial charge in [0.1, 0.15) is 22.2 Å². The van der Waals surface area contributed by atoms with Crippen molar-refractivity contribution in [3.05, 3.63) is 34.7 Å². The fourth-order valence-electron chi connectivity index (χ4n) is 1.20. The third kappa shape index (κ3) is 2.93. The van der Waals surface area contributed by atoms with Crippen molar-refractivity contribution in [2.75, 3.05) is 5.43 Å². The van der Waals surface area contributed by atoms with Crippen LogP contribution >= 0.6 is 27.7 Å². The van der Waals surface area contributed by atoms with Gasteiger partial charge >= 0.3 is 0 Å². The largest absolute Gasteiger partial charge is 0.308 e. The van der Waals surface area contributed by atoms with Gasteiger partial charge in [0.2, 0.25) is 0 Å². The predicted octanol–water partition coefficient (Wildman–Crippen LogP) is 2.38. The molecule has 2 rings (SSSR count). The maximum absolute atomic E-state index is 5.36. The summed E-state index contributed by atoms with van der Waals surface area (Å²) >= 11 is 4.82. The molecule has 0 aliphatic carbocycles. The van der Waals surface area contributed by atoms with Gasteiger partial charge in [-0.25, -0.2) is 20.8 Å². The van der Waals surface area contributed by atoms with Crippen molar-refractivity contribution in [3.63, 3.8) is 0 Å². The minimum Gasteiger partial charge on any atom is -0.308 e. The zero-order valence-corrected chi connectivity index (χ0v) is 11.4. The van der Waals surface area contributed by atoms with E-state index in [1.807, 2.05) is 19.1 Å². The van der Waals surface area contributed by atoms with Crippen LogP contribution in [0.4, 0.5) is 5.82 Å². The van der Waals surface area contributed by atoms with Crippen LogP contribution in [0.15, 0.2) is 39.2 Å². The van der Waals surface area contributed by atoms with E-state index in [0.29, 0.717) is 5.82 Å². The number of aromatic nitrogens is 3. The van der Waals surface area contributed by atoms with Gasteiger partial charge in [-0.2, -0.15) is 0 Å². The number of rotatable bonds is 3. The highest BCUT2D eigenvalue weighted by Gasteiger charge is 2.08. The van der Waals surface area contributed by atoms with E-state index in [4.69, 9.17) is 5.84 Å². The van der Waals surface area contributed by atoms with Gasteiger partial charge in [0.25, 0.3) is 0 Å². The fourth-order valence-corrected chi connectivity index (χ4v) is 2.23. The molecule has 2 aromatic rings. The number of nitrogens with zero attached hydrogens (tertiary/aromatic N) is 3. The zero-order valence-electron chi connectivity index (χ0n) is 9.01. The number of nitrogen functional groups attached to an aromatic ring is 1. The van der Waals surface area contributed by atoms with Crippen molar-refractivity contribution < 1.29 is 0 Å². The van der Waals surface area contributed by atoms with E-state index in [1.165, 1.54) is 18.1 Å². The lowest BCUT2D eigenvalue weighted by Crippen LogP contribution is -2.10. The van der Waals surface area contributed by atoms with Crippen molar-refractivity contribution in [3.8, 4) is 0 Å². The summed E-state index contributed by atoms with van der Waals surface area (Å²) in [6, 6.07) is 3.86. The summed E-state index contributed by atoms with van der Waals surface area (Å²) in [6.45, 7) is 1.91. The summed E-state index contributed by atoms with van der Waals surface area (Å²) in [7, 11) is 0. The predicted molar refractivity (Wildman–Crippen MR) is 70.6 cm³/mol. The van der Waals surface area contributed by atoms with E-state index in [0.717, 1.165) is 20.1 Å². The smallest absolute Gasteiger partial charge is 0.147 e. The molecule has 0 aliphatic heterocycles. The number of pyridine rings is 1. The number of nitrogens with two attached hydrogens (primary N) is 1. The number of hydrogen-bond donors (Lipinski definition) is 2. The number of halogens is 1. The lowest BCUT2D eigenvalue weighted by Gasteiger charge is -2.07. The zero-order chi connectivity index (χ0) is 12.3. The summed E-state index contributed by atoms with van der Waals surface area (Å²) in [6.07, 6.45) is 3.23. The maximum atomic E-state index is 5.36. The Labute approximate surface area is 111 Å². The molecule has 2 aromatic heterocycles. The molecule has 0 saturated heterocycles. The van der Waals surface area contributed by atoms with Crippen LogP contribution in [0.1, 0.15) is 5.56 Å². The Morgan fingerprint density at radius 2 is 2.12 bits per heavy atom. The highest BCUT2D eigenvalue weighted by Crippen LogP contribution is 2.29. The van der Waals surface area contributed by atoms with Crippen molar-refractivity contribution >= 4 is 33.5 Å². The molecule has 0 spiro atoms. The molecule has 0 aliphatic rings. The molecular formula is C10H10BrN5S. The second kappa shape index (κ2) is 5.44. The van der Waals surface area contributed by atoms with Gasteiger partial charge < -0.3 is 5.43 Å². The van der Waals surface area contributed by atoms with Crippen LogP contribution in [0.25, 0.3) is 0 Å². The number of anilines is 1. The highest BCUT2D eigenvalue weighted by molar-refractivity contribution is 9.10. The molecule has 0 amide bonds. The summed E-state index contributed by atoms with van der Waals surface area (Å²) in [5.41, 5.74) is 3.45. The molecule has 2 heterocycles. The van der Waals surface area contributed by atoms with Crippen LogP contribution in [0.5, 0.6) is 0 Å². The second-order valence-electron chi connectivity index (χ2n) is 3.21. The molecule has 5 nitrogen and oxygen atoms in total. The molecule has 0 bridgehead atoms. The van der Waals surface area contributed by atoms with Gasteiger partial charge in [0, 0.05) is 16.2 Å². The van der Waals surface area contributed by atoms with E-state index in [2.05, 4.69) is 36.3 Å². The average molecular weight is 312 g/mol. The molecule has 0 radical (unpaired) electrons. The third-order valence-corrected chi connectivity index (χ3v) is 3.60. The first-order valence-electron chi connectivity index (χ1n) is 4.78. The topological polar surface area (TPSA) is 76.7 Å². The third-order valence-electron chi connectivity index (χ3n) is 2.08. The number of hydrazine groups is 1. The number of nitrogens with one attached hydrogen (secondary N) is 1. The molecular weight excluding hydrogens is 302 g/mol. The van der Waals surface area contributed by atoms with Crippen LogP contribution in [0.2, 0.25) is 0 Å². The minimum atomic E-state index is 0.625. The normalized spacial score (nSPS) is 10.3. The molecule has 88 valence electrons. The summed E-state index contributed by atoms with van der Waals surface area (Å²) in [5, 5.41) is 1.71. The Hall–Kier alpha value is -1.18. The van der Waals surface area contributed by atoms with Crippen molar-refractivity contribution in [2.45, 2.75) is 17.0 Å². The first-order chi connectivity index (χ1) is 8.20. The Balaban J connectivity index is 2.27. The van der Waals surface area contributed by atoms with Crippen molar-refractivity contribution in [2.24, 2.45) is 5.84 Å². The van der Waals surface area contributed by atoms with Crippen LogP contribution in [0, 0.1) is 6.92 Å². The van der Waals surface area contributed by atoms with Gasteiger partial charge in [0.15, 0.2) is 0 Å². The Kier molecular flexibility index (Phi) is 3.93. The van der Waals surface area contributed by atoms with E-state index in [-0.39, 0.29) is 0 Å². The Morgan fingerprint density at radius 3 is 2.76 bits per heavy atom. The van der Waals surface area contributed by atoms with Crippen molar-refractivity contribution in [1.29, 1.82) is 0 Å². The van der Waals surface area contributed by atoms with E-state index >= 15 is 0 Å². The van der Waals surface area contributed by atoms with Crippen LogP contribution in [-0.2, 0) is 0 Å². The number of hydrogen-bond acceptors (Lipinski definition) is 6. The second-order valence-corrected chi connectivity index (χ2v) is 5.14. The highest BCUT2D eigenvalue weighted by atomic mass is 79.9. The van der Waals surface area contributed by atoms with Crippen molar-refractivity contribution in [1.82, 2.24) is 15.0 Å². The Morgan fingerprint density at radius 1 is 1.29 bits per heavy atom.